The molecule has 248 valence electrons. The molecule has 11 rings (SSSR count). The summed E-state index contributed by atoms with van der Waals surface area (Å²) >= 11 is 0. The van der Waals surface area contributed by atoms with Gasteiger partial charge in [0.1, 0.15) is 11.2 Å². The van der Waals surface area contributed by atoms with Crippen LogP contribution in [0.2, 0.25) is 0 Å². The first-order valence-corrected chi connectivity index (χ1v) is 18.1. The van der Waals surface area contributed by atoms with Crippen LogP contribution in [0.1, 0.15) is 0 Å². The van der Waals surface area contributed by atoms with E-state index < -0.39 is 0 Å². The number of hydrogen-bond acceptors (Lipinski definition) is 2. The van der Waals surface area contributed by atoms with Gasteiger partial charge in [0.25, 0.3) is 0 Å². The Labute approximate surface area is 306 Å². The van der Waals surface area contributed by atoms with Crippen LogP contribution in [-0.4, -0.2) is 4.57 Å². The molecule has 3 nitrogen and oxygen atoms in total. The number of aromatic nitrogens is 1. The molecule has 0 atom stereocenters. The van der Waals surface area contributed by atoms with E-state index in [0.29, 0.717) is 0 Å². The van der Waals surface area contributed by atoms with Gasteiger partial charge in [-0.2, -0.15) is 0 Å². The Morgan fingerprint density at radius 3 is 1.75 bits per heavy atom. The van der Waals surface area contributed by atoms with Crippen molar-refractivity contribution in [2.45, 2.75) is 0 Å². The molecule has 3 heteroatoms. The third-order valence-electron chi connectivity index (χ3n) is 10.8. The van der Waals surface area contributed by atoms with Crippen LogP contribution < -0.4 is 4.90 Å². The highest BCUT2D eigenvalue weighted by molar-refractivity contribution is 6.15. The second-order valence-electron chi connectivity index (χ2n) is 13.7. The molecule has 0 spiro atoms. The molecule has 0 N–H and O–H groups in total. The summed E-state index contributed by atoms with van der Waals surface area (Å²) in [7, 11) is 0. The number of fused-ring (bicyclic) bond motifs is 9. The van der Waals surface area contributed by atoms with Gasteiger partial charge in [-0.15, -0.1) is 0 Å². The van der Waals surface area contributed by atoms with Gasteiger partial charge in [0.05, 0.1) is 16.7 Å². The molecular weight excluding hydrogens is 645 g/mol. The number of rotatable bonds is 5. The second kappa shape index (κ2) is 11.7. The number of hydrogen-bond donors (Lipinski definition) is 0. The molecular formula is C50H32N2O. The van der Waals surface area contributed by atoms with Gasteiger partial charge in [-0.3, -0.25) is 0 Å². The van der Waals surface area contributed by atoms with Crippen LogP contribution in [0.15, 0.2) is 199 Å². The van der Waals surface area contributed by atoms with E-state index in [-0.39, 0.29) is 0 Å². The van der Waals surface area contributed by atoms with Crippen molar-refractivity contribution in [3.05, 3.63) is 194 Å². The van der Waals surface area contributed by atoms with Gasteiger partial charge >= 0.3 is 0 Å². The van der Waals surface area contributed by atoms with Crippen molar-refractivity contribution in [3.8, 4) is 16.8 Å². The van der Waals surface area contributed by atoms with Crippen molar-refractivity contribution in [2.24, 2.45) is 0 Å². The van der Waals surface area contributed by atoms with Crippen molar-refractivity contribution in [1.29, 1.82) is 0 Å². The third kappa shape index (κ3) is 4.68. The fourth-order valence-corrected chi connectivity index (χ4v) is 8.29. The van der Waals surface area contributed by atoms with E-state index in [1.165, 1.54) is 43.5 Å². The molecule has 0 saturated heterocycles. The zero-order valence-electron chi connectivity index (χ0n) is 28.8. The van der Waals surface area contributed by atoms with E-state index in [1.54, 1.807) is 0 Å². The predicted molar refractivity (Wildman–Crippen MR) is 223 cm³/mol. The lowest BCUT2D eigenvalue weighted by atomic mass is 10.0. The summed E-state index contributed by atoms with van der Waals surface area (Å²) in [5.41, 5.74) is 10.9. The Kier molecular flexibility index (Phi) is 6.55. The first-order chi connectivity index (χ1) is 26.3. The summed E-state index contributed by atoms with van der Waals surface area (Å²) < 4.78 is 9.04. The molecule has 9 aromatic carbocycles. The summed E-state index contributed by atoms with van der Waals surface area (Å²) in [6.45, 7) is 0. The van der Waals surface area contributed by atoms with Gasteiger partial charge in [-0.05, 0) is 82.6 Å². The molecule has 0 fully saturated rings. The molecule has 2 heterocycles. The predicted octanol–water partition coefficient (Wildman–Crippen LogP) is 14.1. The van der Waals surface area contributed by atoms with E-state index in [9.17, 15) is 0 Å². The molecule has 2 aromatic heterocycles. The van der Waals surface area contributed by atoms with Crippen molar-refractivity contribution in [1.82, 2.24) is 4.57 Å². The minimum atomic E-state index is 0.873. The second-order valence-corrected chi connectivity index (χ2v) is 13.7. The zero-order valence-corrected chi connectivity index (χ0v) is 28.8. The minimum absolute atomic E-state index is 0.873. The Bertz CT molecular complexity index is 3130. The first kappa shape index (κ1) is 29.6. The SMILES string of the molecule is c1cc(-c2ccc(N(c3ccc4c(c3)oc3c5ccccc5ccc43)c3cccc4ccccc34)cc2)cc(-n2c3ccccc3c3ccccc32)c1. The molecule has 0 amide bonds. The van der Waals surface area contributed by atoms with Gasteiger partial charge in [-0.25, -0.2) is 0 Å². The van der Waals surface area contributed by atoms with E-state index in [2.05, 4.69) is 204 Å². The Balaban J connectivity index is 1.04. The van der Waals surface area contributed by atoms with Crippen LogP contribution in [0.5, 0.6) is 0 Å². The molecule has 0 aliphatic heterocycles. The standard InChI is InChI=1S/C50H32N2O/c1-3-16-40-34(11-1)13-10-22-46(40)51(39-28-30-44-45-29-25-35-12-2-4-17-41(35)50(45)53-49(44)32-39)37-26-23-33(24-27-37)36-14-9-15-38(31-36)52-47-20-7-5-18-42(47)43-19-6-8-21-48(43)52/h1-32H. The smallest absolute Gasteiger partial charge is 0.143 e. The Hall–Kier alpha value is -7.10. The molecule has 0 saturated carbocycles. The Morgan fingerprint density at radius 1 is 0.377 bits per heavy atom. The molecule has 53 heavy (non-hydrogen) atoms. The minimum Gasteiger partial charge on any atom is -0.455 e. The van der Waals surface area contributed by atoms with Gasteiger partial charge in [-0.1, -0.05) is 127 Å². The molecule has 0 unspecified atom stereocenters. The molecule has 0 aliphatic rings. The van der Waals surface area contributed by atoms with E-state index in [1.807, 2.05) is 0 Å². The fraction of sp³-hybridized carbons (Fsp3) is 0. The normalized spacial score (nSPS) is 11.8. The lowest BCUT2D eigenvalue weighted by Gasteiger charge is -2.27. The van der Waals surface area contributed by atoms with E-state index in [4.69, 9.17) is 4.42 Å². The van der Waals surface area contributed by atoms with Crippen LogP contribution in [0.4, 0.5) is 17.1 Å². The summed E-state index contributed by atoms with van der Waals surface area (Å²) in [5, 5.41) is 9.48. The lowest BCUT2D eigenvalue weighted by Crippen LogP contribution is -2.10. The average molecular weight is 677 g/mol. The monoisotopic (exact) mass is 676 g/mol. The topological polar surface area (TPSA) is 21.3 Å². The molecule has 11 aromatic rings. The van der Waals surface area contributed by atoms with Gasteiger partial charge in [0, 0.05) is 55.4 Å². The van der Waals surface area contributed by atoms with Crippen LogP contribution in [0.25, 0.3) is 82.1 Å². The summed E-state index contributed by atoms with van der Waals surface area (Å²) in [6.07, 6.45) is 0. The Morgan fingerprint density at radius 2 is 0.981 bits per heavy atom. The van der Waals surface area contributed by atoms with Crippen LogP contribution in [0, 0.1) is 0 Å². The maximum atomic E-state index is 6.66. The largest absolute Gasteiger partial charge is 0.455 e. The fourth-order valence-electron chi connectivity index (χ4n) is 8.29. The highest BCUT2D eigenvalue weighted by atomic mass is 16.3. The lowest BCUT2D eigenvalue weighted by molar-refractivity contribution is 0.672. The maximum absolute atomic E-state index is 6.66. The van der Waals surface area contributed by atoms with Crippen molar-refractivity contribution in [2.75, 3.05) is 4.90 Å². The zero-order chi connectivity index (χ0) is 34.9. The van der Waals surface area contributed by atoms with Crippen molar-refractivity contribution < 1.29 is 4.42 Å². The van der Waals surface area contributed by atoms with Crippen LogP contribution in [-0.2, 0) is 0 Å². The molecule has 0 bridgehead atoms. The van der Waals surface area contributed by atoms with Gasteiger partial charge in [0.2, 0.25) is 0 Å². The number of benzene rings is 9. The summed E-state index contributed by atoms with van der Waals surface area (Å²) in [5.74, 6) is 0. The van der Waals surface area contributed by atoms with Crippen LogP contribution in [0.3, 0.4) is 0 Å². The van der Waals surface area contributed by atoms with E-state index >= 15 is 0 Å². The van der Waals surface area contributed by atoms with Gasteiger partial charge < -0.3 is 13.9 Å². The van der Waals surface area contributed by atoms with Gasteiger partial charge in [0.15, 0.2) is 0 Å². The number of anilines is 3. The highest BCUT2D eigenvalue weighted by Gasteiger charge is 2.19. The van der Waals surface area contributed by atoms with Crippen molar-refractivity contribution in [3.63, 3.8) is 0 Å². The average Bonchev–Trinajstić information content (AvgIpc) is 3.77. The maximum Gasteiger partial charge on any atom is 0.143 e. The number of furan rings is 1. The van der Waals surface area contributed by atoms with Crippen LogP contribution >= 0.6 is 0 Å². The molecule has 0 radical (unpaired) electrons. The van der Waals surface area contributed by atoms with E-state index in [0.717, 1.165) is 55.6 Å². The quantitative estimate of drug-likeness (QED) is 0.181. The summed E-state index contributed by atoms with van der Waals surface area (Å²) in [6, 6.07) is 69.7. The number of nitrogens with zero attached hydrogens (tertiary/aromatic N) is 2. The summed E-state index contributed by atoms with van der Waals surface area (Å²) in [4.78, 5) is 2.35. The van der Waals surface area contributed by atoms with Crippen molar-refractivity contribution >= 4 is 82.4 Å². The number of para-hydroxylation sites is 2. The first-order valence-electron chi connectivity index (χ1n) is 18.1. The molecule has 0 aliphatic carbocycles. The third-order valence-corrected chi connectivity index (χ3v) is 10.8. The highest BCUT2D eigenvalue weighted by Crippen LogP contribution is 2.43.